The van der Waals surface area contributed by atoms with Crippen LogP contribution in [0.3, 0.4) is 0 Å². The fourth-order valence-corrected chi connectivity index (χ4v) is 3.96. The summed E-state index contributed by atoms with van der Waals surface area (Å²) in [4.78, 5) is 26.5. The van der Waals surface area contributed by atoms with E-state index < -0.39 is 11.7 Å². The van der Waals surface area contributed by atoms with Crippen LogP contribution in [0, 0.1) is 11.7 Å². The van der Waals surface area contributed by atoms with Crippen molar-refractivity contribution in [3.8, 4) is 0 Å². The third kappa shape index (κ3) is 3.07. The second kappa shape index (κ2) is 6.72. The Morgan fingerprint density at radius 2 is 2.04 bits per heavy atom. The van der Waals surface area contributed by atoms with Crippen LogP contribution in [0.25, 0.3) is 0 Å². The number of hydrogen-bond acceptors (Lipinski definition) is 2. The van der Waals surface area contributed by atoms with Crippen LogP contribution < -0.4 is 10.2 Å². The van der Waals surface area contributed by atoms with E-state index in [4.69, 9.17) is 11.6 Å². The maximum Gasteiger partial charge on any atom is 0.227 e. The van der Waals surface area contributed by atoms with Crippen LogP contribution in [0.1, 0.15) is 30.0 Å². The van der Waals surface area contributed by atoms with Crippen LogP contribution in [0.5, 0.6) is 0 Å². The van der Waals surface area contributed by atoms with Crippen molar-refractivity contribution in [2.75, 3.05) is 11.4 Å². The van der Waals surface area contributed by atoms with Gasteiger partial charge in [0.15, 0.2) is 0 Å². The van der Waals surface area contributed by atoms with Crippen molar-refractivity contribution in [3.05, 3.63) is 64.4 Å². The third-order valence-electron chi connectivity index (χ3n) is 5.16. The molecule has 0 aromatic heterocycles. The molecule has 26 heavy (non-hydrogen) atoms. The summed E-state index contributed by atoms with van der Waals surface area (Å²) >= 11 is 5.81. The lowest BCUT2D eigenvalue weighted by Gasteiger charge is -2.19. The molecule has 134 valence electrons. The summed E-state index contributed by atoms with van der Waals surface area (Å²) < 4.78 is 13.3. The van der Waals surface area contributed by atoms with Gasteiger partial charge in [0.05, 0.1) is 17.0 Å². The Labute approximate surface area is 155 Å². The SMILES string of the molecule is O=C(NC1CCc2ccccc21)C1CC(=O)N(c2ccc(F)c(Cl)c2)C1. The lowest BCUT2D eigenvalue weighted by molar-refractivity contribution is -0.127. The minimum Gasteiger partial charge on any atom is -0.349 e. The zero-order chi connectivity index (χ0) is 18.3. The first kappa shape index (κ1) is 17.0. The Morgan fingerprint density at radius 3 is 2.85 bits per heavy atom. The van der Waals surface area contributed by atoms with E-state index >= 15 is 0 Å². The lowest BCUT2D eigenvalue weighted by Crippen LogP contribution is -2.34. The van der Waals surface area contributed by atoms with Gasteiger partial charge in [-0.05, 0) is 42.2 Å². The van der Waals surface area contributed by atoms with Gasteiger partial charge in [0.2, 0.25) is 11.8 Å². The Balaban J connectivity index is 1.45. The molecule has 1 heterocycles. The highest BCUT2D eigenvalue weighted by atomic mass is 35.5. The summed E-state index contributed by atoms with van der Waals surface area (Å²) in [5, 5.41) is 3.05. The van der Waals surface area contributed by atoms with Crippen molar-refractivity contribution in [2.45, 2.75) is 25.3 Å². The van der Waals surface area contributed by atoms with E-state index in [1.165, 1.54) is 28.7 Å². The van der Waals surface area contributed by atoms with Crippen molar-refractivity contribution < 1.29 is 14.0 Å². The minimum atomic E-state index is -0.531. The average molecular weight is 373 g/mol. The van der Waals surface area contributed by atoms with Gasteiger partial charge in [0.1, 0.15) is 5.82 Å². The zero-order valence-electron chi connectivity index (χ0n) is 14.0. The highest BCUT2D eigenvalue weighted by Gasteiger charge is 2.36. The van der Waals surface area contributed by atoms with Gasteiger partial charge in [-0.15, -0.1) is 0 Å². The molecule has 1 aliphatic carbocycles. The molecule has 0 saturated carbocycles. The Morgan fingerprint density at radius 1 is 1.23 bits per heavy atom. The van der Waals surface area contributed by atoms with Gasteiger partial charge >= 0.3 is 0 Å². The van der Waals surface area contributed by atoms with Gasteiger partial charge in [0.25, 0.3) is 0 Å². The molecule has 4 rings (SSSR count). The van der Waals surface area contributed by atoms with E-state index in [0.717, 1.165) is 18.4 Å². The molecule has 1 fully saturated rings. The molecule has 1 N–H and O–H groups in total. The monoisotopic (exact) mass is 372 g/mol. The zero-order valence-corrected chi connectivity index (χ0v) is 14.8. The average Bonchev–Trinajstić information content (AvgIpc) is 3.22. The first-order valence-electron chi connectivity index (χ1n) is 8.66. The van der Waals surface area contributed by atoms with E-state index in [0.29, 0.717) is 5.69 Å². The summed E-state index contributed by atoms with van der Waals surface area (Å²) in [7, 11) is 0. The van der Waals surface area contributed by atoms with Crippen LogP contribution >= 0.6 is 11.6 Å². The fourth-order valence-electron chi connectivity index (χ4n) is 3.78. The number of nitrogens with zero attached hydrogens (tertiary/aromatic N) is 1. The maximum atomic E-state index is 13.3. The minimum absolute atomic E-state index is 0.00289. The molecular formula is C20H18ClFN2O2. The van der Waals surface area contributed by atoms with E-state index in [9.17, 15) is 14.0 Å². The number of anilines is 1. The van der Waals surface area contributed by atoms with Crippen LogP contribution in [-0.4, -0.2) is 18.4 Å². The maximum absolute atomic E-state index is 13.3. The summed E-state index contributed by atoms with van der Waals surface area (Å²) in [6.07, 6.45) is 1.98. The molecule has 0 bridgehead atoms. The highest BCUT2D eigenvalue weighted by molar-refractivity contribution is 6.31. The normalized spacial score (nSPS) is 21.8. The van der Waals surface area contributed by atoms with Gasteiger partial charge in [-0.2, -0.15) is 0 Å². The Hall–Kier alpha value is -2.40. The van der Waals surface area contributed by atoms with Gasteiger partial charge in [-0.1, -0.05) is 35.9 Å². The molecule has 1 saturated heterocycles. The molecule has 0 spiro atoms. The predicted octanol–water partition coefficient (Wildman–Crippen LogP) is 3.64. The molecule has 2 aromatic rings. The first-order chi connectivity index (χ1) is 12.5. The summed E-state index contributed by atoms with van der Waals surface area (Å²) in [5.74, 6) is -1.22. The number of hydrogen-bond donors (Lipinski definition) is 1. The smallest absolute Gasteiger partial charge is 0.227 e. The molecule has 2 unspecified atom stereocenters. The quantitative estimate of drug-likeness (QED) is 0.894. The summed E-state index contributed by atoms with van der Waals surface area (Å²) in [5.41, 5.74) is 2.94. The summed E-state index contributed by atoms with van der Waals surface area (Å²) in [6.45, 7) is 0.279. The number of rotatable bonds is 3. The van der Waals surface area contributed by atoms with Crippen molar-refractivity contribution in [1.29, 1.82) is 0 Å². The van der Waals surface area contributed by atoms with Crippen molar-refractivity contribution in [2.24, 2.45) is 5.92 Å². The second-order valence-corrected chi connectivity index (χ2v) is 7.21. The molecule has 2 amide bonds. The van der Waals surface area contributed by atoms with Crippen molar-refractivity contribution >= 4 is 29.1 Å². The number of amides is 2. The molecule has 4 nitrogen and oxygen atoms in total. The predicted molar refractivity (Wildman–Crippen MR) is 97.5 cm³/mol. The van der Waals surface area contributed by atoms with Crippen LogP contribution in [0.15, 0.2) is 42.5 Å². The van der Waals surface area contributed by atoms with Gasteiger partial charge < -0.3 is 10.2 Å². The van der Waals surface area contributed by atoms with Crippen LogP contribution in [-0.2, 0) is 16.0 Å². The number of fused-ring (bicyclic) bond motifs is 1. The molecule has 6 heteroatoms. The van der Waals surface area contributed by atoms with Gasteiger partial charge in [-0.25, -0.2) is 4.39 Å². The number of halogens is 2. The molecule has 2 aromatic carbocycles. The largest absolute Gasteiger partial charge is 0.349 e. The van der Waals surface area contributed by atoms with Crippen LogP contribution in [0.4, 0.5) is 10.1 Å². The number of carbonyl (C=O) groups excluding carboxylic acids is 2. The number of carbonyl (C=O) groups is 2. The number of benzene rings is 2. The topological polar surface area (TPSA) is 49.4 Å². The van der Waals surface area contributed by atoms with Crippen molar-refractivity contribution in [1.82, 2.24) is 5.32 Å². The summed E-state index contributed by atoms with van der Waals surface area (Å²) in [6, 6.07) is 12.3. The molecular weight excluding hydrogens is 355 g/mol. The first-order valence-corrected chi connectivity index (χ1v) is 9.04. The second-order valence-electron chi connectivity index (χ2n) is 6.80. The van der Waals surface area contributed by atoms with E-state index in [1.54, 1.807) is 0 Å². The number of aryl methyl sites for hydroxylation is 1. The fraction of sp³-hybridized carbons (Fsp3) is 0.300. The van der Waals surface area contributed by atoms with E-state index in [-0.39, 0.29) is 35.8 Å². The Kier molecular flexibility index (Phi) is 4.41. The molecule has 2 atom stereocenters. The van der Waals surface area contributed by atoms with Crippen LogP contribution in [0.2, 0.25) is 5.02 Å². The van der Waals surface area contributed by atoms with Gasteiger partial charge in [0, 0.05) is 18.7 Å². The standard InChI is InChI=1S/C20H18ClFN2O2/c21-16-10-14(6-7-17(16)22)24-11-13(9-19(24)25)20(26)23-18-8-5-12-3-1-2-4-15(12)18/h1-4,6-7,10,13,18H,5,8-9,11H2,(H,23,26). The lowest BCUT2D eigenvalue weighted by atomic mass is 10.1. The third-order valence-corrected chi connectivity index (χ3v) is 5.45. The van der Waals surface area contributed by atoms with E-state index in [2.05, 4.69) is 11.4 Å². The molecule has 1 aliphatic heterocycles. The van der Waals surface area contributed by atoms with Crippen molar-refractivity contribution in [3.63, 3.8) is 0 Å². The van der Waals surface area contributed by atoms with Gasteiger partial charge in [-0.3, -0.25) is 9.59 Å². The highest BCUT2D eigenvalue weighted by Crippen LogP contribution is 2.32. The molecule has 0 radical (unpaired) electrons. The van der Waals surface area contributed by atoms with E-state index in [1.807, 2.05) is 18.2 Å². The number of nitrogens with one attached hydrogen (secondary N) is 1. The Bertz CT molecular complexity index is 886. The molecule has 2 aliphatic rings.